The topological polar surface area (TPSA) is 67.9 Å². The summed E-state index contributed by atoms with van der Waals surface area (Å²) in [5, 5.41) is 8.50. The van der Waals surface area contributed by atoms with Gasteiger partial charge >= 0.3 is 0 Å². The van der Waals surface area contributed by atoms with E-state index in [0.717, 1.165) is 41.3 Å². The molecule has 0 aromatic carbocycles. The molecule has 0 aliphatic rings. The number of rotatable bonds is 5. The van der Waals surface area contributed by atoms with Crippen LogP contribution in [0.1, 0.15) is 22.5 Å². The summed E-state index contributed by atoms with van der Waals surface area (Å²) < 4.78 is 0. The number of hydrogen-bond acceptors (Lipinski definition) is 5. The van der Waals surface area contributed by atoms with Gasteiger partial charge in [-0.25, -0.2) is 0 Å². The first-order valence-corrected chi connectivity index (χ1v) is 6.77. The molecule has 2 aromatic rings. The van der Waals surface area contributed by atoms with Crippen molar-refractivity contribution in [1.29, 1.82) is 0 Å². The van der Waals surface area contributed by atoms with Gasteiger partial charge in [0.15, 0.2) is 5.82 Å². The van der Waals surface area contributed by atoms with Gasteiger partial charge in [0.05, 0.1) is 5.69 Å². The highest BCUT2D eigenvalue weighted by atomic mass is 15.2. The van der Waals surface area contributed by atoms with Crippen LogP contribution in [0.3, 0.4) is 0 Å². The van der Waals surface area contributed by atoms with Crippen molar-refractivity contribution >= 4 is 5.82 Å². The molecule has 0 unspecified atom stereocenters. The summed E-state index contributed by atoms with van der Waals surface area (Å²) in [5.41, 5.74) is 10.1. The zero-order chi connectivity index (χ0) is 14.5. The number of nitrogens with two attached hydrogens (primary N) is 1. The van der Waals surface area contributed by atoms with E-state index in [4.69, 9.17) is 5.73 Å². The van der Waals surface area contributed by atoms with E-state index < -0.39 is 0 Å². The van der Waals surface area contributed by atoms with Crippen molar-refractivity contribution in [3.8, 4) is 0 Å². The number of pyridine rings is 1. The molecule has 0 aliphatic carbocycles. The minimum atomic E-state index is 0.478. The van der Waals surface area contributed by atoms with Crippen LogP contribution in [0.25, 0.3) is 0 Å². The third kappa shape index (κ3) is 3.11. The molecular weight excluding hydrogens is 250 g/mol. The van der Waals surface area contributed by atoms with E-state index in [-0.39, 0.29) is 0 Å². The highest BCUT2D eigenvalue weighted by Crippen LogP contribution is 2.20. The Balaban J connectivity index is 2.13. The summed E-state index contributed by atoms with van der Waals surface area (Å²) in [5.74, 6) is 0.867. The normalized spacial score (nSPS) is 10.6. The van der Waals surface area contributed by atoms with Crippen LogP contribution < -0.4 is 10.6 Å². The molecule has 0 aliphatic heterocycles. The van der Waals surface area contributed by atoms with Gasteiger partial charge in [0.1, 0.15) is 0 Å². The van der Waals surface area contributed by atoms with Crippen molar-refractivity contribution in [3.05, 3.63) is 46.9 Å². The van der Waals surface area contributed by atoms with Crippen molar-refractivity contribution in [2.45, 2.75) is 26.8 Å². The van der Waals surface area contributed by atoms with Gasteiger partial charge in [0, 0.05) is 44.0 Å². The van der Waals surface area contributed by atoms with E-state index in [0.29, 0.717) is 6.54 Å². The van der Waals surface area contributed by atoms with Crippen LogP contribution in [-0.4, -0.2) is 28.8 Å². The summed E-state index contributed by atoms with van der Waals surface area (Å²) in [6.45, 7) is 5.31. The van der Waals surface area contributed by atoms with Gasteiger partial charge in [0.2, 0.25) is 0 Å². The fourth-order valence-corrected chi connectivity index (χ4v) is 2.13. The first-order chi connectivity index (χ1) is 9.63. The van der Waals surface area contributed by atoms with E-state index in [1.165, 1.54) is 0 Å². The summed E-state index contributed by atoms with van der Waals surface area (Å²) in [6.07, 6.45) is 2.69. The van der Waals surface area contributed by atoms with Crippen LogP contribution in [0.5, 0.6) is 0 Å². The van der Waals surface area contributed by atoms with E-state index in [2.05, 4.69) is 20.1 Å². The van der Waals surface area contributed by atoms with E-state index in [9.17, 15) is 0 Å². The lowest BCUT2D eigenvalue weighted by atomic mass is 10.1. The summed E-state index contributed by atoms with van der Waals surface area (Å²) in [6, 6.07) is 5.96. The standard InChI is InChI=1S/C15H21N5/c1-11-12(2)18-19-15(14(11)10-16)20(3)9-7-13-6-4-5-8-17-13/h4-6,8H,7,9-10,16H2,1-3H3. The lowest BCUT2D eigenvalue weighted by Gasteiger charge is -2.21. The lowest BCUT2D eigenvalue weighted by molar-refractivity contribution is 0.798. The van der Waals surface area contributed by atoms with Crippen molar-refractivity contribution in [2.24, 2.45) is 5.73 Å². The molecule has 0 saturated carbocycles. The van der Waals surface area contributed by atoms with E-state index in [1.54, 1.807) is 0 Å². The average molecular weight is 271 g/mol. The monoisotopic (exact) mass is 271 g/mol. The van der Waals surface area contributed by atoms with Gasteiger partial charge in [-0.3, -0.25) is 4.98 Å². The molecule has 2 heterocycles. The second-order valence-electron chi connectivity index (χ2n) is 4.91. The SMILES string of the molecule is Cc1nnc(N(C)CCc2ccccn2)c(CN)c1C. The number of hydrogen-bond donors (Lipinski definition) is 1. The summed E-state index contributed by atoms with van der Waals surface area (Å²) in [4.78, 5) is 6.42. The maximum absolute atomic E-state index is 5.86. The van der Waals surface area contributed by atoms with E-state index >= 15 is 0 Å². The van der Waals surface area contributed by atoms with Crippen LogP contribution >= 0.6 is 0 Å². The minimum absolute atomic E-state index is 0.478. The molecule has 2 N–H and O–H groups in total. The predicted molar refractivity (Wildman–Crippen MR) is 80.6 cm³/mol. The summed E-state index contributed by atoms with van der Waals surface area (Å²) in [7, 11) is 2.01. The van der Waals surface area contributed by atoms with E-state index in [1.807, 2.05) is 45.3 Å². The van der Waals surface area contributed by atoms with Gasteiger partial charge in [-0.15, -0.1) is 5.10 Å². The van der Waals surface area contributed by atoms with Crippen molar-refractivity contribution in [2.75, 3.05) is 18.5 Å². The molecule has 2 aromatic heterocycles. The minimum Gasteiger partial charge on any atom is -0.358 e. The Labute approximate surface area is 119 Å². The molecule has 0 atom stereocenters. The Morgan fingerprint density at radius 2 is 2.00 bits per heavy atom. The molecular formula is C15H21N5. The molecule has 106 valence electrons. The molecule has 0 saturated heterocycles. The molecule has 2 rings (SSSR count). The zero-order valence-electron chi connectivity index (χ0n) is 12.3. The van der Waals surface area contributed by atoms with Crippen molar-refractivity contribution in [1.82, 2.24) is 15.2 Å². The maximum atomic E-state index is 5.86. The van der Waals surface area contributed by atoms with Gasteiger partial charge in [-0.1, -0.05) is 6.07 Å². The lowest BCUT2D eigenvalue weighted by Crippen LogP contribution is -2.25. The maximum Gasteiger partial charge on any atom is 0.155 e. The highest BCUT2D eigenvalue weighted by molar-refractivity contribution is 5.50. The first kappa shape index (κ1) is 14.4. The van der Waals surface area contributed by atoms with Gasteiger partial charge in [0.25, 0.3) is 0 Å². The third-order valence-electron chi connectivity index (χ3n) is 3.56. The molecule has 0 bridgehead atoms. The van der Waals surface area contributed by atoms with Crippen LogP contribution in [-0.2, 0) is 13.0 Å². The summed E-state index contributed by atoms with van der Waals surface area (Å²) >= 11 is 0. The highest BCUT2D eigenvalue weighted by Gasteiger charge is 2.13. The molecule has 0 amide bonds. The number of anilines is 1. The Morgan fingerprint density at radius 1 is 1.20 bits per heavy atom. The second-order valence-corrected chi connectivity index (χ2v) is 4.91. The van der Waals surface area contributed by atoms with Crippen molar-refractivity contribution < 1.29 is 0 Å². The molecule has 5 heteroatoms. The van der Waals surface area contributed by atoms with Crippen molar-refractivity contribution in [3.63, 3.8) is 0 Å². The quantitative estimate of drug-likeness (QED) is 0.895. The van der Waals surface area contributed by atoms with Crippen LogP contribution in [0.4, 0.5) is 5.82 Å². The van der Waals surface area contributed by atoms with Crippen LogP contribution in [0.2, 0.25) is 0 Å². The fraction of sp³-hybridized carbons (Fsp3) is 0.400. The first-order valence-electron chi connectivity index (χ1n) is 6.77. The van der Waals surface area contributed by atoms with Gasteiger partial charge < -0.3 is 10.6 Å². The fourth-order valence-electron chi connectivity index (χ4n) is 2.13. The Kier molecular flexibility index (Phi) is 4.63. The number of nitrogens with zero attached hydrogens (tertiary/aromatic N) is 4. The molecule has 20 heavy (non-hydrogen) atoms. The Bertz CT molecular complexity index is 568. The van der Waals surface area contributed by atoms with Gasteiger partial charge in [-0.2, -0.15) is 5.10 Å². The molecule has 0 radical (unpaired) electrons. The molecule has 5 nitrogen and oxygen atoms in total. The smallest absolute Gasteiger partial charge is 0.155 e. The number of likely N-dealkylation sites (N-methyl/N-ethyl adjacent to an activating group) is 1. The largest absolute Gasteiger partial charge is 0.358 e. The Hall–Kier alpha value is -2.01. The predicted octanol–water partition coefficient (Wildman–Crippen LogP) is 1.63. The number of aryl methyl sites for hydroxylation is 1. The third-order valence-corrected chi connectivity index (χ3v) is 3.56. The number of aromatic nitrogens is 3. The Morgan fingerprint density at radius 3 is 2.65 bits per heavy atom. The molecule has 0 fully saturated rings. The van der Waals surface area contributed by atoms with Crippen LogP contribution in [0.15, 0.2) is 24.4 Å². The molecule has 0 spiro atoms. The second kappa shape index (κ2) is 6.43. The average Bonchev–Trinajstić information content (AvgIpc) is 2.48. The van der Waals surface area contributed by atoms with Gasteiger partial charge in [-0.05, 0) is 31.5 Å². The van der Waals surface area contributed by atoms with Crippen LogP contribution in [0, 0.1) is 13.8 Å². The zero-order valence-corrected chi connectivity index (χ0v) is 12.3.